The summed E-state index contributed by atoms with van der Waals surface area (Å²) in [4.78, 5) is 11.2. The number of ether oxygens (including phenoxy) is 1. The minimum Gasteiger partial charge on any atom is -0.508 e. The Morgan fingerprint density at radius 2 is 1.75 bits per heavy atom. The number of phenols is 1. The summed E-state index contributed by atoms with van der Waals surface area (Å²) in [6.07, 6.45) is 1.70. The molecule has 0 spiro atoms. The zero-order chi connectivity index (χ0) is 11.7. The van der Waals surface area contributed by atoms with Gasteiger partial charge >= 0.3 is 5.97 Å². The van der Waals surface area contributed by atoms with Crippen molar-refractivity contribution in [3.05, 3.63) is 44.6 Å². The quantitative estimate of drug-likeness (QED) is 0.794. The molecule has 0 saturated heterocycles. The van der Waals surface area contributed by atoms with Gasteiger partial charge in [0.15, 0.2) is 0 Å². The van der Waals surface area contributed by atoms with Crippen LogP contribution in [0.4, 0.5) is 0 Å². The monoisotopic (exact) mass is 344 g/mol. The predicted octanol–water partition coefficient (Wildman–Crippen LogP) is 3.29. The van der Waals surface area contributed by atoms with Crippen LogP contribution in [0.1, 0.15) is 5.56 Å². The highest BCUT2D eigenvalue weighted by atomic mass is 79.9. The molecule has 3 nitrogen and oxygen atoms in total. The van der Waals surface area contributed by atoms with E-state index in [-0.39, 0.29) is 5.75 Å². The third-order valence-corrected chi connectivity index (χ3v) is 4.02. The van der Waals surface area contributed by atoms with Gasteiger partial charge in [-0.15, -0.1) is 0 Å². The van der Waals surface area contributed by atoms with Gasteiger partial charge in [-0.2, -0.15) is 0 Å². The summed E-state index contributed by atoms with van der Waals surface area (Å²) in [5, 5.41) is 9.12. The number of rotatable bonds is 1. The van der Waals surface area contributed by atoms with E-state index in [0.29, 0.717) is 14.7 Å². The first-order chi connectivity index (χ1) is 7.58. The van der Waals surface area contributed by atoms with Crippen molar-refractivity contribution in [2.24, 2.45) is 0 Å². The van der Waals surface area contributed by atoms with Gasteiger partial charge in [-0.05, 0) is 55.6 Å². The van der Waals surface area contributed by atoms with Crippen LogP contribution in [0.15, 0.2) is 39.0 Å². The highest BCUT2D eigenvalue weighted by Gasteiger charge is 2.26. The number of carbonyl (C=O) groups is 1. The van der Waals surface area contributed by atoms with Crippen molar-refractivity contribution in [3.63, 3.8) is 0 Å². The van der Waals surface area contributed by atoms with E-state index in [1.165, 1.54) is 0 Å². The predicted molar refractivity (Wildman–Crippen MR) is 67.1 cm³/mol. The number of hydrogen-bond donors (Lipinski definition) is 1. The largest absolute Gasteiger partial charge is 0.508 e. The van der Waals surface area contributed by atoms with Crippen LogP contribution in [0.2, 0.25) is 0 Å². The van der Waals surface area contributed by atoms with Gasteiger partial charge in [-0.1, -0.05) is 12.1 Å². The van der Waals surface area contributed by atoms with Gasteiger partial charge in [0, 0.05) is 0 Å². The van der Waals surface area contributed by atoms with Crippen LogP contribution in [-0.2, 0) is 9.53 Å². The minimum atomic E-state index is -0.420. The van der Waals surface area contributed by atoms with E-state index in [4.69, 9.17) is 9.84 Å². The van der Waals surface area contributed by atoms with Crippen molar-refractivity contribution >= 4 is 43.9 Å². The smallest absolute Gasteiger partial charge is 0.351 e. The first-order valence-corrected chi connectivity index (χ1v) is 5.95. The third-order valence-electron chi connectivity index (χ3n) is 1.98. The van der Waals surface area contributed by atoms with E-state index in [0.717, 1.165) is 5.56 Å². The van der Waals surface area contributed by atoms with Gasteiger partial charge in [-0.25, -0.2) is 4.79 Å². The molecular weight excluding hydrogens is 340 g/mol. The maximum Gasteiger partial charge on any atom is 0.351 e. The third kappa shape index (κ3) is 2.20. The first kappa shape index (κ1) is 11.4. The van der Waals surface area contributed by atoms with Crippen LogP contribution in [0.3, 0.4) is 0 Å². The number of hydrogen-bond acceptors (Lipinski definition) is 3. The normalized spacial score (nSPS) is 18.1. The second kappa shape index (κ2) is 4.43. The van der Waals surface area contributed by atoms with Crippen molar-refractivity contribution in [1.82, 2.24) is 0 Å². The van der Waals surface area contributed by atoms with E-state index >= 15 is 0 Å². The zero-order valence-corrected chi connectivity index (χ0v) is 11.1. The molecule has 0 amide bonds. The molecule has 0 aromatic heterocycles. The van der Waals surface area contributed by atoms with Crippen LogP contribution in [0.25, 0.3) is 6.08 Å². The number of aromatic hydroxyl groups is 1. The molecule has 82 valence electrons. The van der Waals surface area contributed by atoms with Crippen molar-refractivity contribution in [2.45, 2.75) is 0 Å². The van der Waals surface area contributed by atoms with Gasteiger partial charge in [0.2, 0.25) is 0 Å². The maximum absolute atomic E-state index is 11.2. The van der Waals surface area contributed by atoms with E-state index in [1.54, 1.807) is 30.3 Å². The number of cyclic esters (lactones) is 1. The molecule has 1 aliphatic heterocycles. The lowest BCUT2D eigenvalue weighted by Crippen LogP contribution is -1.93. The van der Waals surface area contributed by atoms with Crippen molar-refractivity contribution < 1.29 is 14.6 Å². The number of phenolic OH excluding ortho intramolecular Hbond substituents is 1. The Hall–Kier alpha value is -1.07. The molecule has 1 aromatic carbocycles. The SMILES string of the molecule is O=C1O/C(=C\c2ccc(O)cc2)C(Br)=C1Br. The van der Waals surface area contributed by atoms with Crippen molar-refractivity contribution in [3.8, 4) is 5.75 Å². The first-order valence-electron chi connectivity index (χ1n) is 4.36. The molecule has 1 N–H and O–H groups in total. The van der Waals surface area contributed by atoms with E-state index in [1.807, 2.05) is 0 Å². The minimum absolute atomic E-state index is 0.196. The standard InChI is InChI=1S/C11H6Br2O3/c12-9-8(16-11(15)10(9)13)5-6-1-3-7(14)4-2-6/h1-5,14H/b8-5-. The fourth-order valence-corrected chi connectivity index (χ4v) is 1.84. The molecule has 0 atom stereocenters. The summed E-state index contributed by atoms with van der Waals surface area (Å²) >= 11 is 6.36. The molecule has 16 heavy (non-hydrogen) atoms. The Kier molecular flexibility index (Phi) is 3.16. The highest BCUT2D eigenvalue weighted by molar-refractivity contribution is 9.14. The summed E-state index contributed by atoms with van der Waals surface area (Å²) in [6.45, 7) is 0. The number of halogens is 2. The Bertz CT molecular complexity index is 500. The topological polar surface area (TPSA) is 46.5 Å². The average molecular weight is 346 g/mol. The molecule has 1 heterocycles. The van der Waals surface area contributed by atoms with Gasteiger partial charge in [0.1, 0.15) is 16.0 Å². The molecule has 2 rings (SSSR count). The number of esters is 1. The fourth-order valence-electron chi connectivity index (χ4n) is 1.20. The lowest BCUT2D eigenvalue weighted by molar-refractivity contribution is -0.132. The van der Waals surface area contributed by atoms with Gasteiger partial charge in [0.05, 0.1) is 4.48 Å². The zero-order valence-electron chi connectivity index (χ0n) is 7.91. The Labute approximate surface area is 109 Å². The summed E-state index contributed by atoms with van der Waals surface area (Å²) in [6, 6.07) is 6.58. The molecule has 0 fully saturated rings. The number of benzene rings is 1. The Morgan fingerprint density at radius 1 is 1.12 bits per heavy atom. The summed E-state index contributed by atoms with van der Waals surface area (Å²) in [5.41, 5.74) is 0.833. The second-order valence-electron chi connectivity index (χ2n) is 3.12. The molecule has 1 aliphatic rings. The van der Waals surface area contributed by atoms with Crippen LogP contribution in [0, 0.1) is 0 Å². The number of carbonyl (C=O) groups excluding carboxylic acids is 1. The van der Waals surface area contributed by atoms with Gasteiger partial charge in [0.25, 0.3) is 0 Å². The Morgan fingerprint density at radius 3 is 2.25 bits per heavy atom. The highest BCUT2D eigenvalue weighted by Crippen LogP contribution is 2.35. The van der Waals surface area contributed by atoms with E-state index in [2.05, 4.69) is 31.9 Å². The van der Waals surface area contributed by atoms with Gasteiger partial charge in [-0.3, -0.25) is 0 Å². The van der Waals surface area contributed by atoms with Gasteiger partial charge < -0.3 is 9.84 Å². The fraction of sp³-hybridized carbons (Fsp3) is 0. The maximum atomic E-state index is 11.2. The summed E-state index contributed by atoms with van der Waals surface area (Å²) < 4.78 is 5.97. The number of allylic oxidation sites excluding steroid dienone is 1. The molecule has 1 aromatic rings. The molecule has 0 aliphatic carbocycles. The van der Waals surface area contributed by atoms with E-state index < -0.39 is 5.97 Å². The summed E-state index contributed by atoms with van der Waals surface area (Å²) in [7, 11) is 0. The van der Waals surface area contributed by atoms with Crippen molar-refractivity contribution in [2.75, 3.05) is 0 Å². The molecule has 0 unspecified atom stereocenters. The molecule has 0 saturated carbocycles. The molecule has 0 radical (unpaired) electrons. The lowest BCUT2D eigenvalue weighted by Gasteiger charge is -1.98. The van der Waals surface area contributed by atoms with E-state index in [9.17, 15) is 4.79 Å². The molecule has 0 bridgehead atoms. The van der Waals surface area contributed by atoms with Crippen molar-refractivity contribution in [1.29, 1.82) is 0 Å². The average Bonchev–Trinajstić information content (AvgIpc) is 2.50. The summed E-state index contributed by atoms with van der Waals surface area (Å²) in [5.74, 6) is 0.223. The molecule has 5 heteroatoms. The molecular formula is C11H6Br2O3. The lowest BCUT2D eigenvalue weighted by atomic mass is 10.2. The van der Waals surface area contributed by atoms with Crippen LogP contribution in [0.5, 0.6) is 5.75 Å². The Balaban J connectivity index is 2.33. The van der Waals surface area contributed by atoms with Crippen LogP contribution < -0.4 is 0 Å². The second-order valence-corrected chi connectivity index (χ2v) is 4.70. The van der Waals surface area contributed by atoms with Crippen LogP contribution >= 0.6 is 31.9 Å². The van der Waals surface area contributed by atoms with Crippen LogP contribution in [-0.4, -0.2) is 11.1 Å².